The van der Waals surface area contributed by atoms with E-state index in [1.54, 1.807) is 0 Å². The first-order valence-electron chi connectivity index (χ1n) is 8.82. The second kappa shape index (κ2) is 5.71. The Kier molecular flexibility index (Phi) is 3.59. The number of nitrogens with zero attached hydrogens (tertiary/aromatic N) is 2. The Labute approximate surface area is 154 Å². The van der Waals surface area contributed by atoms with Crippen molar-refractivity contribution in [1.29, 1.82) is 5.26 Å². The zero-order chi connectivity index (χ0) is 18.5. The molecule has 0 amide bonds. The first-order chi connectivity index (χ1) is 12.4. The largest absolute Gasteiger partial charge is 0.383 e. The summed E-state index contributed by atoms with van der Waals surface area (Å²) in [7, 11) is 0. The summed E-state index contributed by atoms with van der Waals surface area (Å²) in [6, 6.07) is 18.8. The number of aromatic nitrogens is 1. The Morgan fingerprint density at radius 3 is 2.38 bits per heavy atom. The number of nitriles is 1. The summed E-state index contributed by atoms with van der Waals surface area (Å²) in [6.07, 6.45) is 0.824. The maximum absolute atomic E-state index is 9.81. The van der Waals surface area contributed by atoms with Gasteiger partial charge in [-0.15, -0.1) is 0 Å². The average Bonchev–Trinajstić information content (AvgIpc) is 2.62. The molecule has 1 aromatic heterocycles. The minimum Gasteiger partial charge on any atom is -0.383 e. The van der Waals surface area contributed by atoms with Crippen molar-refractivity contribution in [3.8, 4) is 28.5 Å². The van der Waals surface area contributed by atoms with Crippen LogP contribution in [0, 0.1) is 18.3 Å². The summed E-state index contributed by atoms with van der Waals surface area (Å²) in [4.78, 5) is 4.66. The fourth-order valence-electron chi connectivity index (χ4n) is 4.12. The van der Waals surface area contributed by atoms with Crippen LogP contribution < -0.4 is 5.73 Å². The molecule has 128 valence electrons. The highest BCUT2D eigenvalue weighted by Gasteiger charge is 2.35. The van der Waals surface area contributed by atoms with Gasteiger partial charge in [0.15, 0.2) is 0 Å². The fraction of sp³-hybridized carbons (Fsp3) is 0.217. The third kappa shape index (κ3) is 2.30. The van der Waals surface area contributed by atoms with Crippen LogP contribution >= 0.6 is 0 Å². The molecule has 0 fully saturated rings. The molecule has 0 saturated heterocycles. The molecule has 3 nitrogen and oxygen atoms in total. The van der Waals surface area contributed by atoms with Crippen molar-refractivity contribution in [3.05, 3.63) is 70.8 Å². The number of hydrogen-bond donors (Lipinski definition) is 1. The maximum atomic E-state index is 9.81. The molecule has 0 radical (unpaired) electrons. The summed E-state index contributed by atoms with van der Waals surface area (Å²) in [5.41, 5.74) is 14.2. The summed E-state index contributed by atoms with van der Waals surface area (Å²) >= 11 is 0. The number of anilines is 1. The Bertz CT molecular complexity index is 1070. The zero-order valence-corrected chi connectivity index (χ0v) is 15.3. The summed E-state index contributed by atoms with van der Waals surface area (Å²) in [5.74, 6) is 0.305. The highest BCUT2D eigenvalue weighted by atomic mass is 14.9. The van der Waals surface area contributed by atoms with Gasteiger partial charge in [0.1, 0.15) is 17.5 Å². The van der Waals surface area contributed by atoms with E-state index in [2.05, 4.69) is 62.2 Å². The molecule has 0 atom stereocenters. The summed E-state index contributed by atoms with van der Waals surface area (Å²) in [5, 5.41) is 9.81. The van der Waals surface area contributed by atoms with Crippen molar-refractivity contribution in [2.45, 2.75) is 32.6 Å². The number of rotatable bonds is 1. The molecule has 0 unspecified atom stereocenters. The molecule has 1 aliphatic rings. The van der Waals surface area contributed by atoms with Gasteiger partial charge in [0.25, 0.3) is 0 Å². The Morgan fingerprint density at radius 2 is 1.69 bits per heavy atom. The van der Waals surface area contributed by atoms with Crippen molar-refractivity contribution in [2.75, 3.05) is 5.73 Å². The lowest BCUT2D eigenvalue weighted by Gasteiger charge is -2.35. The quantitative estimate of drug-likeness (QED) is 0.677. The van der Waals surface area contributed by atoms with Gasteiger partial charge in [-0.3, -0.25) is 0 Å². The van der Waals surface area contributed by atoms with Crippen molar-refractivity contribution >= 4 is 5.82 Å². The molecule has 2 aromatic carbocycles. The van der Waals surface area contributed by atoms with Crippen LogP contribution in [0.25, 0.3) is 22.4 Å². The fourth-order valence-corrected chi connectivity index (χ4v) is 4.12. The minimum absolute atomic E-state index is 0.0362. The van der Waals surface area contributed by atoms with Crippen molar-refractivity contribution in [2.24, 2.45) is 0 Å². The van der Waals surface area contributed by atoms with Crippen LogP contribution in [0.15, 0.2) is 48.5 Å². The Hall–Kier alpha value is -3.12. The van der Waals surface area contributed by atoms with E-state index in [1.807, 2.05) is 18.2 Å². The monoisotopic (exact) mass is 339 g/mol. The van der Waals surface area contributed by atoms with Gasteiger partial charge in [-0.1, -0.05) is 62.4 Å². The molecule has 2 N–H and O–H groups in total. The standard InChI is InChI=1S/C23H21N3/c1-14-8-4-5-9-15(14)20-17-12-23(2,3)19-11-7-6-10-16(19)21(17)26-22(25)18(20)13-24/h4-11H,12H2,1-3H3,(H2,25,26). The number of nitrogens with two attached hydrogens (primary N) is 1. The van der Waals surface area contributed by atoms with Gasteiger partial charge in [0.05, 0.1) is 5.69 Å². The molecule has 0 spiro atoms. The predicted molar refractivity (Wildman–Crippen MR) is 106 cm³/mol. The van der Waals surface area contributed by atoms with E-state index in [0.717, 1.165) is 39.9 Å². The highest BCUT2D eigenvalue weighted by Crippen LogP contribution is 2.47. The highest BCUT2D eigenvalue weighted by molar-refractivity contribution is 5.88. The Morgan fingerprint density at radius 1 is 1.04 bits per heavy atom. The average molecular weight is 339 g/mol. The molecule has 0 bridgehead atoms. The number of hydrogen-bond acceptors (Lipinski definition) is 3. The zero-order valence-electron chi connectivity index (χ0n) is 15.3. The number of nitrogen functional groups attached to an aromatic ring is 1. The van der Waals surface area contributed by atoms with Gasteiger partial charge in [-0.25, -0.2) is 4.98 Å². The molecule has 3 aromatic rings. The summed E-state index contributed by atoms with van der Waals surface area (Å²) < 4.78 is 0. The van der Waals surface area contributed by atoms with Crippen LogP contribution in [-0.2, 0) is 11.8 Å². The number of aryl methyl sites for hydroxylation is 1. The number of benzene rings is 2. The normalized spacial score (nSPS) is 14.2. The van der Waals surface area contributed by atoms with Crippen LogP contribution in [0.3, 0.4) is 0 Å². The first kappa shape index (κ1) is 16.4. The van der Waals surface area contributed by atoms with E-state index in [1.165, 1.54) is 5.56 Å². The number of fused-ring (bicyclic) bond motifs is 3. The first-order valence-corrected chi connectivity index (χ1v) is 8.82. The molecular weight excluding hydrogens is 318 g/mol. The van der Waals surface area contributed by atoms with Gasteiger partial charge in [0, 0.05) is 11.1 Å². The third-order valence-electron chi connectivity index (χ3n) is 5.38. The van der Waals surface area contributed by atoms with Crippen LogP contribution in [-0.4, -0.2) is 4.98 Å². The molecular formula is C23H21N3. The maximum Gasteiger partial charge on any atom is 0.142 e. The van der Waals surface area contributed by atoms with E-state index < -0.39 is 0 Å². The van der Waals surface area contributed by atoms with E-state index in [-0.39, 0.29) is 5.41 Å². The van der Waals surface area contributed by atoms with Gasteiger partial charge >= 0.3 is 0 Å². The van der Waals surface area contributed by atoms with Crippen LogP contribution in [0.1, 0.15) is 36.1 Å². The van der Waals surface area contributed by atoms with Crippen LogP contribution in [0.5, 0.6) is 0 Å². The van der Waals surface area contributed by atoms with Gasteiger partial charge in [-0.2, -0.15) is 5.26 Å². The second-order valence-electron chi connectivity index (χ2n) is 7.61. The lowest BCUT2D eigenvalue weighted by Crippen LogP contribution is -2.27. The smallest absolute Gasteiger partial charge is 0.142 e. The molecule has 4 rings (SSSR count). The topological polar surface area (TPSA) is 62.7 Å². The third-order valence-corrected chi connectivity index (χ3v) is 5.38. The van der Waals surface area contributed by atoms with Crippen LogP contribution in [0.4, 0.5) is 5.82 Å². The van der Waals surface area contributed by atoms with Crippen molar-refractivity contribution in [1.82, 2.24) is 4.98 Å². The van der Waals surface area contributed by atoms with Crippen molar-refractivity contribution < 1.29 is 0 Å². The summed E-state index contributed by atoms with van der Waals surface area (Å²) in [6.45, 7) is 6.57. The van der Waals surface area contributed by atoms with Gasteiger partial charge in [0.2, 0.25) is 0 Å². The molecule has 26 heavy (non-hydrogen) atoms. The van der Waals surface area contributed by atoms with E-state index in [9.17, 15) is 5.26 Å². The molecule has 0 aliphatic heterocycles. The van der Waals surface area contributed by atoms with Gasteiger partial charge < -0.3 is 5.73 Å². The predicted octanol–water partition coefficient (Wildman–Crippen LogP) is 5.01. The van der Waals surface area contributed by atoms with E-state index in [4.69, 9.17) is 5.73 Å². The minimum atomic E-state index is -0.0362. The van der Waals surface area contributed by atoms with Crippen molar-refractivity contribution in [3.63, 3.8) is 0 Å². The lowest BCUT2D eigenvalue weighted by atomic mass is 9.69. The molecule has 1 heterocycles. The number of pyridine rings is 1. The molecule has 3 heteroatoms. The Balaban J connectivity index is 2.15. The molecule has 0 saturated carbocycles. The second-order valence-corrected chi connectivity index (χ2v) is 7.61. The SMILES string of the molecule is Cc1ccccc1-c1c(C#N)c(N)nc2c1CC(C)(C)c1ccccc1-2. The van der Waals surface area contributed by atoms with Gasteiger partial charge in [-0.05, 0) is 41.0 Å². The molecule has 1 aliphatic carbocycles. The van der Waals surface area contributed by atoms with Crippen LogP contribution in [0.2, 0.25) is 0 Å². The van der Waals surface area contributed by atoms with E-state index >= 15 is 0 Å². The lowest BCUT2D eigenvalue weighted by molar-refractivity contribution is 0.516. The van der Waals surface area contributed by atoms with E-state index in [0.29, 0.717) is 11.4 Å².